The summed E-state index contributed by atoms with van der Waals surface area (Å²) in [6, 6.07) is 4.76. The second kappa shape index (κ2) is 7.55. The van der Waals surface area contributed by atoms with Crippen LogP contribution in [-0.2, 0) is 25.6 Å². The molecule has 2 unspecified atom stereocenters. The van der Waals surface area contributed by atoms with Gasteiger partial charge in [0, 0.05) is 27.3 Å². The molecule has 120 valence electrons. The molecule has 0 heterocycles. The van der Waals surface area contributed by atoms with Crippen molar-refractivity contribution in [1.82, 2.24) is 10.6 Å². The van der Waals surface area contributed by atoms with Gasteiger partial charge in [-0.1, -0.05) is 12.1 Å². The first-order valence-corrected chi connectivity index (χ1v) is 6.91. The average Bonchev–Trinajstić information content (AvgIpc) is 2.54. The van der Waals surface area contributed by atoms with Crippen LogP contribution in [0.25, 0.3) is 0 Å². The van der Waals surface area contributed by atoms with Crippen LogP contribution in [0, 0.1) is 5.82 Å². The Bertz CT molecular complexity index is 531. The molecule has 1 aliphatic rings. The van der Waals surface area contributed by atoms with Crippen molar-refractivity contribution in [3.05, 3.63) is 35.6 Å². The summed E-state index contributed by atoms with van der Waals surface area (Å²) in [6.07, 6.45) is -0.485. The standard InChI is InChI=1S/C15H19FN2O4/c1-21-11(22-2)8-18-13-12(14(19)15(13)20)17-7-9-3-5-10(16)6-4-9/h3-6,11-13,17-18H,7-8H2,1-2H3. The second-order valence-electron chi connectivity index (χ2n) is 5.00. The summed E-state index contributed by atoms with van der Waals surface area (Å²) >= 11 is 0. The van der Waals surface area contributed by atoms with E-state index in [-0.39, 0.29) is 5.82 Å². The van der Waals surface area contributed by atoms with Gasteiger partial charge in [-0.2, -0.15) is 0 Å². The minimum Gasteiger partial charge on any atom is -0.355 e. The van der Waals surface area contributed by atoms with Crippen molar-refractivity contribution in [2.75, 3.05) is 20.8 Å². The maximum absolute atomic E-state index is 12.8. The zero-order valence-electron chi connectivity index (χ0n) is 12.5. The van der Waals surface area contributed by atoms with E-state index in [1.54, 1.807) is 12.1 Å². The molecule has 6 nitrogen and oxygen atoms in total. The van der Waals surface area contributed by atoms with Crippen molar-refractivity contribution in [3.8, 4) is 0 Å². The third kappa shape index (κ3) is 3.75. The van der Waals surface area contributed by atoms with Crippen LogP contribution in [0.5, 0.6) is 0 Å². The largest absolute Gasteiger partial charge is 0.355 e. The SMILES string of the molecule is COC(CNC1C(=O)C(=O)C1NCc1ccc(F)cc1)OC. The van der Waals surface area contributed by atoms with Gasteiger partial charge in [0.05, 0.1) is 12.1 Å². The lowest BCUT2D eigenvalue weighted by molar-refractivity contribution is -0.148. The van der Waals surface area contributed by atoms with E-state index < -0.39 is 29.9 Å². The number of halogens is 1. The number of nitrogens with one attached hydrogen (secondary N) is 2. The van der Waals surface area contributed by atoms with E-state index in [0.29, 0.717) is 13.1 Å². The first-order valence-electron chi connectivity index (χ1n) is 6.91. The third-order valence-corrected chi connectivity index (χ3v) is 3.61. The van der Waals surface area contributed by atoms with Crippen molar-refractivity contribution in [2.45, 2.75) is 24.9 Å². The van der Waals surface area contributed by atoms with Gasteiger partial charge in [-0.25, -0.2) is 4.39 Å². The smallest absolute Gasteiger partial charge is 0.219 e. The summed E-state index contributed by atoms with van der Waals surface area (Å²) in [6.45, 7) is 0.672. The van der Waals surface area contributed by atoms with Crippen LogP contribution in [0.15, 0.2) is 24.3 Å². The topological polar surface area (TPSA) is 76.7 Å². The summed E-state index contributed by atoms with van der Waals surface area (Å²) in [4.78, 5) is 23.3. The second-order valence-corrected chi connectivity index (χ2v) is 5.00. The summed E-state index contributed by atoms with van der Waals surface area (Å²) in [5.74, 6) is -1.23. The molecule has 1 aliphatic carbocycles. The van der Waals surface area contributed by atoms with Crippen molar-refractivity contribution in [1.29, 1.82) is 0 Å². The van der Waals surface area contributed by atoms with Crippen LogP contribution in [0.3, 0.4) is 0 Å². The molecule has 0 amide bonds. The molecule has 2 rings (SSSR count). The number of Topliss-reactive ketones (excluding diaryl/α,β-unsaturated/α-hetero) is 2. The highest BCUT2D eigenvalue weighted by Gasteiger charge is 2.48. The molecule has 22 heavy (non-hydrogen) atoms. The molecule has 0 saturated heterocycles. The minimum absolute atomic E-state index is 0.297. The van der Waals surface area contributed by atoms with Crippen molar-refractivity contribution in [2.24, 2.45) is 0 Å². The fraction of sp³-hybridized carbons (Fsp3) is 0.467. The molecular formula is C15H19FN2O4. The predicted octanol–water partition coefficient (Wildman–Crippen LogP) is 0.0128. The summed E-state index contributed by atoms with van der Waals surface area (Å²) < 4.78 is 22.9. The number of carbonyl (C=O) groups excluding carboxylic acids is 2. The molecule has 0 bridgehead atoms. The van der Waals surface area contributed by atoms with E-state index in [1.165, 1.54) is 26.4 Å². The highest BCUT2D eigenvalue weighted by atomic mass is 19.1. The van der Waals surface area contributed by atoms with E-state index in [0.717, 1.165) is 5.56 Å². The Morgan fingerprint density at radius 1 is 1.05 bits per heavy atom. The zero-order chi connectivity index (χ0) is 16.1. The number of benzene rings is 1. The summed E-state index contributed by atoms with van der Waals surface area (Å²) in [7, 11) is 2.99. The minimum atomic E-state index is -0.597. The van der Waals surface area contributed by atoms with E-state index in [2.05, 4.69) is 10.6 Å². The molecule has 1 saturated carbocycles. The van der Waals surface area contributed by atoms with Gasteiger partial charge >= 0.3 is 0 Å². The van der Waals surface area contributed by atoms with Gasteiger partial charge in [-0.05, 0) is 17.7 Å². The maximum Gasteiger partial charge on any atom is 0.219 e. The van der Waals surface area contributed by atoms with Crippen LogP contribution in [0.1, 0.15) is 5.56 Å². The van der Waals surface area contributed by atoms with Gasteiger partial charge in [0.2, 0.25) is 11.6 Å². The monoisotopic (exact) mass is 310 g/mol. The molecule has 0 radical (unpaired) electrons. The van der Waals surface area contributed by atoms with Crippen LogP contribution in [0.4, 0.5) is 4.39 Å². The van der Waals surface area contributed by atoms with Crippen molar-refractivity contribution < 1.29 is 23.5 Å². The van der Waals surface area contributed by atoms with E-state index in [1.807, 2.05) is 0 Å². The van der Waals surface area contributed by atoms with Crippen molar-refractivity contribution in [3.63, 3.8) is 0 Å². The Labute approximate surface area is 128 Å². The fourth-order valence-electron chi connectivity index (χ4n) is 2.25. The number of methoxy groups -OCH3 is 2. The lowest BCUT2D eigenvalue weighted by Crippen LogP contribution is -2.69. The Hall–Kier alpha value is -1.67. The van der Waals surface area contributed by atoms with E-state index in [9.17, 15) is 14.0 Å². The van der Waals surface area contributed by atoms with Crippen LogP contribution in [-0.4, -0.2) is 50.7 Å². The Morgan fingerprint density at radius 2 is 1.59 bits per heavy atom. The van der Waals surface area contributed by atoms with Crippen molar-refractivity contribution >= 4 is 11.6 Å². The zero-order valence-corrected chi connectivity index (χ0v) is 12.5. The Kier molecular flexibility index (Phi) is 5.73. The molecule has 1 aromatic rings. The first-order chi connectivity index (χ1) is 10.6. The molecular weight excluding hydrogens is 291 g/mol. The van der Waals surface area contributed by atoms with Gasteiger partial charge in [-0.3, -0.25) is 9.59 Å². The first kappa shape index (κ1) is 16.7. The van der Waals surface area contributed by atoms with E-state index in [4.69, 9.17) is 9.47 Å². The Balaban J connectivity index is 1.87. The predicted molar refractivity (Wildman–Crippen MR) is 76.6 cm³/mol. The number of hydrogen-bond acceptors (Lipinski definition) is 6. The fourth-order valence-corrected chi connectivity index (χ4v) is 2.25. The van der Waals surface area contributed by atoms with Crippen LogP contribution >= 0.6 is 0 Å². The van der Waals surface area contributed by atoms with Gasteiger partial charge in [-0.15, -0.1) is 0 Å². The lowest BCUT2D eigenvalue weighted by Gasteiger charge is -2.35. The maximum atomic E-state index is 12.8. The van der Waals surface area contributed by atoms with Gasteiger partial charge in [0.25, 0.3) is 0 Å². The molecule has 2 N–H and O–H groups in total. The molecule has 0 aliphatic heterocycles. The Morgan fingerprint density at radius 3 is 2.14 bits per heavy atom. The number of ether oxygens (including phenoxy) is 2. The molecule has 1 fully saturated rings. The molecule has 0 aromatic heterocycles. The van der Waals surface area contributed by atoms with Gasteiger partial charge in [0.15, 0.2) is 6.29 Å². The average molecular weight is 310 g/mol. The van der Waals surface area contributed by atoms with Gasteiger partial charge < -0.3 is 20.1 Å². The normalized spacial score (nSPS) is 21.3. The van der Waals surface area contributed by atoms with Gasteiger partial charge in [0.1, 0.15) is 5.82 Å². The number of ketones is 2. The van der Waals surface area contributed by atoms with Crippen LogP contribution < -0.4 is 10.6 Å². The van der Waals surface area contributed by atoms with Crippen LogP contribution in [0.2, 0.25) is 0 Å². The number of carbonyl (C=O) groups is 2. The molecule has 7 heteroatoms. The molecule has 2 atom stereocenters. The summed E-state index contributed by atoms with van der Waals surface area (Å²) in [5.41, 5.74) is 0.832. The molecule has 1 aromatic carbocycles. The highest BCUT2D eigenvalue weighted by Crippen LogP contribution is 2.13. The molecule has 0 spiro atoms. The summed E-state index contributed by atoms with van der Waals surface area (Å²) in [5, 5.41) is 5.96. The third-order valence-electron chi connectivity index (χ3n) is 3.61. The quantitative estimate of drug-likeness (QED) is 0.520. The highest BCUT2D eigenvalue weighted by molar-refractivity contribution is 6.49. The van der Waals surface area contributed by atoms with E-state index >= 15 is 0 Å². The number of rotatable bonds is 8. The lowest BCUT2D eigenvalue weighted by atomic mass is 9.83. The number of hydrogen-bond donors (Lipinski definition) is 2.